The topological polar surface area (TPSA) is 21.1 Å². The Morgan fingerprint density at radius 2 is 1.15 bits per heavy atom. The monoisotopic (exact) mass is 705 g/mol. The molecular formula is C52H39N3. The summed E-state index contributed by atoms with van der Waals surface area (Å²) in [7, 11) is 0. The zero-order valence-electron chi connectivity index (χ0n) is 30.9. The summed E-state index contributed by atoms with van der Waals surface area (Å²) in [5.41, 5.74) is 16.6. The number of para-hydroxylation sites is 4. The van der Waals surface area contributed by atoms with Crippen LogP contribution < -0.4 is 4.90 Å². The van der Waals surface area contributed by atoms with Gasteiger partial charge in [-0.1, -0.05) is 135 Å². The number of hydrogen-bond donors (Lipinski definition) is 0. The molecule has 3 heteroatoms. The lowest BCUT2D eigenvalue weighted by Crippen LogP contribution is -2.16. The van der Waals surface area contributed by atoms with E-state index in [0.717, 1.165) is 33.9 Å². The second kappa shape index (κ2) is 13.2. The number of anilines is 3. The predicted molar refractivity (Wildman–Crippen MR) is 232 cm³/mol. The quantitative estimate of drug-likeness (QED) is 0.165. The first kappa shape index (κ1) is 32.7. The Kier molecular flexibility index (Phi) is 7.81. The van der Waals surface area contributed by atoms with Crippen LogP contribution in [0.3, 0.4) is 0 Å². The van der Waals surface area contributed by atoms with Crippen molar-refractivity contribution in [1.29, 1.82) is 0 Å². The lowest BCUT2D eigenvalue weighted by molar-refractivity contribution is 0.664. The molecule has 7 aromatic carbocycles. The number of nitrogens with zero attached hydrogens (tertiary/aromatic N) is 3. The second-order valence-corrected chi connectivity index (χ2v) is 14.9. The van der Waals surface area contributed by atoms with Gasteiger partial charge in [0.15, 0.2) is 0 Å². The SMILES string of the molecule is CC1(C)c2cc(-c3ccc(C=Cc4ccc(N(c5ccccc5)c5ccccc5)cc4)nc3)ccc2-c2ccc3c4ccccc4n(-c4ccccc4)c3c21. The summed E-state index contributed by atoms with van der Waals surface area (Å²) in [5.74, 6) is 0. The fourth-order valence-corrected chi connectivity index (χ4v) is 8.56. The molecule has 1 aliphatic carbocycles. The highest BCUT2D eigenvalue weighted by atomic mass is 15.1. The summed E-state index contributed by atoms with van der Waals surface area (Å²) in [6.07, 6.45) is 6.22. The number of aromatic nitrogens is 2. The molecule has 0 amide bonds. The van der Waals surface area contributed by atoms with Gasteiger partial charge < -0.3 is 9.47 Å². The molecule has 10 rings (SSSR count). The Balaban J connectivity index is 0.938. The summed E-state index contributed by atoms with van der Waals surface area (Å²) < 4.78 is 2.46. The molecule has 9 aromatic rings. The molecule has 0 aliphatic heterocycles. The molecule has 0 spiro atoms. The highest BCUT2D eigenvalue weighted by molar-refractivity contribution is 6.13. The molecule has 0 unspecified atom stereocenters. The van der Waals surface area contributed by atoms with Gasteiger partial charge in [0, 0.05) is 50.7 Å². The van der Waals surface area contributed by atoms with Crippen LogP contribution in [0.15, 0.2) is 188 Å². The van der Waals surface area contributed by atoms with E-state index in [1.54, 1.807) is 0 Å². The van der Waals surface area contributed by atoms with Crippen LogP contribution in [0.4, 0.5) is 17.1 Å². The Bertz CT molecular complexity index is 2810. The Hall–Kier alpha value is -6.97. The zero-order valence-corrected chi connectivity index (χ0v) is 30.9. The molecular weight excluding hydrogens is 667 g/mol. The minimum Gasteiger partial charge on any atom is -0.311 e. The van der Waals surface area contributed by atoms with E-state index in [1.165, 1.54) is 55.3 Å². The summed E-state index contributed by atoms with van der Waals surface area (Å²) >= 11 is 0. The molecule has 0 bridgehead atoms. The van der Waals surface area contributed by atoms with Crippen LogP contribution in [0.25, 0.3) is 61.9 Å². The number of fused-ring (bicyclic) bond motifs is 7. The van der Waals surface area contributed by atoms with Gasteiger partial charge in [-0.25, -0.2) is 0 Å². The molecule has 0 radical (unpaired) electrons. The van der Waals surface area contributed by atoms with E-state index in [9.17, 15) is 0 Å². The van der Waals surface area contributed by atoms with Gasteiger partial charge in [0.25, 0.3) is 0 Å². The third-order valence-electron chi connectivity index (χ3n) is 11.2. The zero-order chi connectivity index (χ0) is 36.9. The molecule has 2 aromatic heterocycles. The lowest BCUT2D eigenvalue weighted by atomic mass is 9.80. The first-order valence-corrected chi connectivity index (χ1v) is 19.0. The van der Waals surface area contributed by atoms with E-state index in [0.29, 0.717) is 0 Å². The number of rotatable bonds is 7. The number of hydrogen-bond acceptors (Lipinski definition) is 2. The van der Waals surface area contributed by atoms with Crippen LogP contribution >= 0.6 is 0 Å². The third-order valence-corrected chi connectivity index (χ3v) is 11.2. The van der Waals surface area contributed by atoms with Gasteiger partial charge in [-0.2, -0.15) is 0 Å². The molecule has 55 heavy (non-hydrogen) atoms. The first-order valence-electron chi connectivity index (χ1n) is 19.0. The lowest BCUT2D eigenvalue weighted by Gasteiger charge is -2.25. The summed E-state index contributed by atoms with van der Waals surface area (Å²) in [6, 6.07) is 65.2. The standard InChI is InChI=1S/C52H39N3/c1-52(2)48-34-37(26-31-44(48)46-32-33-47-45-20-12-13-21-49(45)55(51(47)50(46)52)42-18-10-5-11-19-42)38-25-28-39(53-35-38)27-22-36-23-29-43(30-24-36)54(40-14-6-3-7-15-40)41-16-8-4-9-17-41/h3-35H,1-2H3. The van der Waals surface area contributed by atoms with Crippen molar-refractivity contribution in [2.45, 2.75) is 19.3 Å². The van der Waals surface area contributed by atoms with Crippen LogP contribution in [0.2, 0.25) is 0 Å². The van der Waals surface area contributed by atoms with Crippen LogP contribution in [0, 0.1) is 0 Å². The molecule has 0 fully saturated rings. The maximum Gasteiger partial charge on any atom is 0.0630 e. The molecule has 0 atom stereocenters. The van der Waals surface area contributed by atoms with Crippen molar-refractivity contribution < 1.29 is 0 Å². The van der Waals surface area contributed by atoms with Crippen molar-refractivity contribution in [3.8, 4) is 27.9 Å². The number of benzene rings is 7. The van der Waals surface area contributed by atoms with Gasteiger partial charge in [0.1, 0.15) is 0 Å². The Morgan fingerprint density at radius 3 is 1.84 bits per heavy atom. The highest BCUT2D eigenvalue weighted by Gasteiger charge is 2.38. The van der Waals surface area contributed by atoms with Crippen molar-refractivity contribution in [3.05, 3.63) is 211 Å². The summed E-state index contributed by atoms with van der Waals surface area (Å²) in [5, 5.41) is 2.58. The largest absolute Gasteiger partial charge is 0.311 e. The first-order chi connectivity index (χ1) is 27.0. The Morgan fingerprint density at radius 1 is 0.527 bits per heavy atom. The fourth-order valence-electron chi connectivity index (χ4n) is 8.56. The molecule has 0 N–H and O–H groups in total. The highest BCUT2D eigenvalue weighted by Crippen LogP contribution is 2.53. The molecule has 0 saturated carbocycles. The average Bonchev–Trinajstić information content (AvgIpc) is 3.70. The molecule has 1 aliphatic rings. The van der Waals surface area contributed by atoms with Gasteiger partial charge >= 0.3 is 0 Å². The van der Waals surface area contributed by atoms with Crippen LogP contribution in [-0.2, 0) is 5.41 Å². The van der Waals surface area contributed by atoms with Gasteiger partial charge in [-0.05, 0) is 106 Å². The van der Waals surface area contributed by atoms with E-state index < -0.39 is 0 Å². The van der Waals surface area contributed by atoms with Crippen LogP contribution in [-0.4, -0.2) is 9.55 Å². The smallest absolute Gasteiger partial charge is 0.0630 e. The van der Waals surface area contributed by atoms with E-state index in [-0.39, 0.29) is 5.41 Å². The van der Waals surface area contributed by atoms with Gasteiger partial charge in [0.05, 0.1) is 16.7 Å². The van der Waals surface area contributed by atoms with Crippen molar-refractivity contribution >= 4 is 51.0 Å². The normalized spacial score (nSPS) is 13.0. The minimum absolute atomic E-state index is 0.202. The van der Waals surface area contributed by atoms with Crippen molar-refractivity contribution in [2.75, 3.05) is 4.90 Å². The van der Waals surface area contributed by atoms with Crippen molar-refractivity contribution in [2.24, 2.45) is 0 Å². The molecule has 3 nitrogen and oxygen atoms in total. The van der Waals surface area contributed by atoms with E-state index >= 15 is 0 Å². The Labute approximate surface area is 322 Å². The average molecular weight is 706 g/mol. The van der Waals surface area contributed by atoms with Gasteiger partial charge in [-0.15, -0.1) is 0 Å². The predicted octanol–water partition coefficient (Wildman–Crippen LogP) is 13.8. The van der Waals surface area contributed by atoms with Crippen molar-refractivity contribution in [1.82, 2.24) is 9.55 Å². The summed E-state index contributed by atoms with van der Waals surface area (Å²) in [4.78, 5) is 7.15. The molecule has 2 heterocycles. The van der Waals surface area contributed by atoms with E-state index in [1.807, 2.05) is 6.20 Å². The fraction of sp³-hybridized carbons (Fsp3) is 0.0577. The van der Waals surface area contributed by atoms with Gasteiger partial charge in [-0.3, -0.25) is 4.98 Å². The second-order valence-electron chi connectivity index (χ2n) is 14.9. The van der Waals surface area contributed by atoms with E-state index in [4.69, 9.17) is 4.98 Å². The van der Waals surface area contributed by atoms with E-state index in [2.05, 4.69) is 217 Å². The maximum absolute atomic E-state index is 4.88. The maximum atomic E-state index is 4.88. The molecule has 0 saturated heterocycles. The van der Waals surface area contributed by atoms with Crippen LogP contribution in [0.1, 0.15) is 36.2 Å². The number of pyridine rings is 1. The third kappa shape index (κ3) is 5.55. The minimum atomic E-state index is -0.202. The van der Waals surface area contributed by atoms with Crippen LogP contribution in [0.5, 0.6) is 0 Å². The summed E-state index contributed by atoms with van der Waals surface area (Å²) in [6.45, 7) is 4.76. The van der Waals surface area contributed by atoms with Crippen molar-refractivity contribution in [3.63, 3.8) is 0 Å². The van der Waals surface area contributed by atoms with Gasteiger partial charge in [0.2, 0.25) is 0 Å². The molecule has 262 valence electrons.